The molecule has 0 aromatic heterocycles. The molecule has 2 unspecified atom stereocenters. The molecular weight excluding hydrogens is 477 g/mol. The molecule has 6 nitrogen and oxygen atoms in total. The summed E-state index contributed by atoms with van der Waals surface area (Å²) in [7, 11) is -7.60. The van der Waals surface area contributed by atoms with Crippen LogP contribution in [0.15, 0.2) is 0 Å². The summed E-state index contributed by atoms with van der Waals surface area (Å²) in [6, 6.07) is 1.39. The van der Waals surface area contributed by atoms with E-state index in [1.165, 1.54) is 0 Å². The lowest BCUT2D eigenvalue weighted by atomic mass is 10.4. The van der Waals surface area contributed by atoms with E-state index in [1.807, 2.05) is 26.2 Å². The highest BCUT2D eigenvalue weighted by Crippen LogP contribution is 2.33. The Morgan fingerprint density at radius 2 is 1.09 bits per heavy atom. The molecule has 0 fully saturated rings. The first-order valence-corrected chi connectivity index (χ1v) is 20.2. The summed E-state index contributed by atoms with van der Waals surface area (Å²) in [5.74, 6) is 0. The Kier molecular flexibility index (Phi) is 14.7. The van der Waals surface area contributed by atoms with Crippen molar-refractivity contribution in [1.29, 1.82) is 0 Å². The maximum atomic E-state index is 13.0. The molecule has 2 N–H and O–H groups in total. The number of hydrogen-bond acceptors (Lipinski definition) is 6. The molecule has 0 aromatic rings. The van der Waals surface area contributed by atoms with Crippen molar-refractivity contribution in [3.05, 3.63) is 0 Å². The Hall–Kier alpha value is 0.201. The number of aliphatic hydroxyl groups excluding tert-OH is 2. The zero-order chi connectivity index (χ0) is 25.1. The molecule has 12 heteroatoms. The molecule has 32 heavy (non-hydrogen) atoms. The summed E-state index contributed by atoms with van der Waals surface area (Å²) < 4.78 is 62.8. The van der Waals surface area contributed by atoms with Crippen molar-refractivity contribution < 1.29 is 41.1 Å². The van der Waals surface area contributed by atoms with Crippen LogP contribution in [-0.2, 0) is 17.7 Å². The van der Waals surface area contributed by atoms with Crippen molar-refractivity contribution in [2.45, 2.75) is 102 Å². The van der Waals surface area contributed by atoms with Crippen molar-refractivity contribution in [2.24, 2.45) is 0 Å². The lowest BCUT2D eigenvalue weighted by Gasteiger charge is -2.41. The highest BCUT2D eigenvalue weighted by Gasteiger charge is 2.45. The Morgan fingerprint density at radius 3 is 1.41 bits per heavy atom. The van der Waals surface area contributed by atoms with E-state index in [0.717, 1.165) is 24.9 Å². The lowest BCUT2D eigenvalue weighted by Crippen LogP contribution is -2.54. The van der Waals surface area contributed by atoms with E-state index in [0.29, 0.717) is 13.2 Å². The van der Waals surface area contributed by atoms with Gasteiger partial charge in [-0.2, -0.15) is 13.2 Å². The fraction of sp³-hybridized carbons (Fsp3) is 1.00. The minimum atomic E-state index is -4.25. The number of aliphatic hydroxyl groups is 2. The van der Waals surface area contributed by atoms with Gasteiger partial charge in [-0.25, -0.2) is 0 Å². The van der Waals surface area contributed by atoms with Crippen molar-refractivity contribution in [3.63, 3.8) is 0 Å². The molecule has 0 aliphatic carbocycles. The van der Waals surface area contributed by atoms with Crippen LogP contribution < -0.4 is 0 Å². The number of hydrogen-bond donors (Lipinski definition) is 2. The molecule has 0 aromatic carbocycles. The summed E-state index contributed by atoms with van der Waals surface area (Å²) >= 11 is 0. The highest BCUT2D eigenvalue weighted by molar-refractivity contribution is 6.88. The second-order valence-electron chi connectivity index (χ2n) is 10.0. The summed E-state index contributed by atoms with van der Waals surface area (Å²) in [6.07, 6.45) is -4.73. The standard InChI is InChI=1S/C20H45F3O6Si3/c1-18(24)16-26-11-8-13-30(3,4)28-32(7,15-10-20(21,22)23)29-31(5,6)14-9-12-27-17-19(2)25/h18-19,24-25H,8-17H2,1-7H3. The molecule has 0 aliphatic heterocycles. The van der Waals surface area contributed by atoms with Gasteiger partial charge in [0.15, 0.2) is 16.6 Å². The minimum absolute atomic E-state index is 0.111. The van der Waals surface area contributed by atoms with Crippen LogP contribution in [0.3, 0.4) is 0 Å². The molecule has 194 valence electrons. The van der Waals surface area contributed by atoms with Gasteiger partial charge in [0.2, 0.25) is 0 Å². The van der Waals surface area contributed by atoms with E-state index in [9.17, 15) is 23.4 Å². The molecular formula is C20H45F3O6Si3. The molecule has 0 rings (SSSR count). The molecule has 0 radical (unpaired) electrons. The van der Waals surface area contributed by atoms with Gasteiger partial charge < -0.3 is 27.9 Å². The van der Waals surface area contributed by atoms with Crippen molar-refractivity contribution >= 4 is 25.2 Å². The summed E-state index contributed by atoms with van der Waals surface area (Å²) in [5, 5.41) is 18.5. The van der Waals surface area contributed by atoms with Crippen LogP contribution in [0.2, 0.25) is 50.9 Å². The second kappa shape index (κ2) is 14.6. The van der Waals surface area contributed by atoms with Crippen LogP contribution in [0.1, 0.15) is 33.1 Å². The van der Waals surface area contributed by atoms with Crippen molar-refractivity contribution in [2.75, 3.05) is 26.4 Å². The van der Waals surface area contributed by atoms with Crippen LogP contribution in [0.25, 0.3) is 0 Å². The van der Waals surface area contributed by atoms with Gasteiger partial charge in [0.05, 0.1) is 25.4 Å². The fourth-order valence-corrected chi connectivity index (χ4v) is 17.7. The van der Waals surface area contributed by atoms with Crippen LogP contribution in [0, 0.1) is 0 Å². The van der Waals surface area contributed by atoms with Gasteiger partial charge in [0, 0.05) is 19.6 Å². The van der Waals surface area contributed by atoms with Crippen LogP contribution >= 0.6 is 0 Å². The predicted molar refractivity (Wildman–Crippen MR) is 128 cm³/mol. The second-order valence-corrected chi connectivity index (χ2v) is 22.5. The third-order valence-electron chi connectivity index (χ3n) is 4.70. The Labute approximate surface area is 195 Å². The molecule has 0 saturated heterocycles. The zero-order valence-corrected chi connectivity index (χ0v) is 23.9. The van der Waals surface area contributed by atoms with Crippen molar-refractivity contribution in [3.8, 4) is 0 Å². The highest BCUT2D eigenvalue weighted by atomic mass is 28.5. The third-order valence-corrected chi connectivity index (χ3v) is 16.8. The van der Waals surface area contributed by atoms with E-state index >= 15 is 0 Å². The largest absolute Gasteiger partial charge is 0.436 e. The summed E-state index contributed by atoms with van der Waals surface area (Å²) in [5.41, 5.74) is 0. The first-order valence-electron chi connectivity index (χ1n) is 11.4. The van der Waals surface area contributed by atoms with Crippen LogP contribution in [0.5, 0.6) is 0 Å². The first-order chi connectivity index (χ1) is 14.5. The van der Waals surface area contributed by atoms with E-state index in [4.69, 9.17) is 17.7 Å². The normalized spacial score (nSPS) is 17.2. The molecule has 0 heterocycles. The van der Waals surface area contributed by atoms with Gasteiger partial charge in [-0.3, -0.25) is 0 Å². The SMILES string of the molecule is CC(O)COCCC[Si](C)(C)O[Si](C)(CCC(F)(F)F)O[Si](C)(C)CCCOCC(C)O. The quantitative estimate of drug-likeness (QED) is 0.194. The third kappa shape index (κ3) is 18.6. The van der Waals surface area contributed by atoms with E-state index in [-0.39, 0.29) is 19.3 Å². The van der Waals surface area contributed by atoms with Gasteiger partial charge in [-0.05, 0) is 77.6 Å². The van der Waals surface area contributed by atoms with Gasteiger partial charge in [-0.1, -0.05) is 0 Å². The molecule has 0 amide bonds. The summed E-state index contributed by atoms with van der Waals surface area (Å²) in [4.78, 5) is 0. The predicted octanol–water partition coefficient (Wildman–Crippen LogP) is 5.03. The number of halogens is 3. The van der Waals surface area contributed by atoms with E-state index < -0.39 is 50.0 Å². The van der Waals surface area contributed by atoms with E-state index in [2.05, 4.69) is 0 Å². The maximum Gasteiger partial charge on any atom is 0.389 e. The number of alkyl halides is 3. The zero-order valence-electron chi connectivity index (χ0n) is 20.9. The number of ether oxygens (including phenoxy) is 2. The minimum Gasteiger partial charge on any atom is -0.436 e. The summed E-state index contributed by atoms with van der Waals surface area (Å²) in [6.45, 7) is 14.7. The molecule has 0 aliphatic rings. The van der Waals surface area contributed by atoms with E-state index in [1.54, 1.807) is 20.4 Å². The van der Waals surface area contributed by atoms with Gasteiger partial charge >= 0.3 is 14.7 Å². The Bertz CT molecular complexity index is 473. The average Bonchev–Trinajstić information content (AvgIpc) is 2.57. The number of rotatable bonds is 18. The molecule has 2 atom stereocenters. The van der Waals surface area contributed by atoms with Crippen LogP contribution in [0.4, 0.5) is 13.2 Å². The maximum absolute atomic E-state index is 13.0. The fourth-order valence-electron chi connectivity index (χ4n) is 3.47. The Morgan fingerprint density at radius 1 is 0.719 bits per heavy atom. The van der Waals surface area contributed by atoms with Gasteiger partial charge in [0.25, 0.3) is 0 Å². The Balaban J connectivity index is 4.95. The monoisotopic (exact) mass is 522 g/mol. The van der Waals surface area contributed by atoms with Gasteiger partial charge in [0.1, 0.15) is 0 Å². The average molecular weight is 523 g/mol. The molecule has 0 bridgehead atoms. The molecule has 0 saturated carbocycles. The van der Waals surface area contributed by atoms with Gasteiger partial charge in [-0.15, -0.1) is 0 Å². The van der Waals surface area contributed by atoms with Crippen LogP contribution in [-0.4, -0.2) is 80.2 Å². The lowest BCUT2D eigenvalue weighted by molar-refractivity contribution is -0.131. The first kappa shape index (κ1) is 32.2. The van der Waals surface area contributed by atoms with Crippen molar-refractivity contribution in [1.82, 2.24) is 0 Å². The topological polar surface area (TPSA) is 77.4 Å². The molecule has 0 spiro atoms. The smallest absolute Gasteiger partial charge is 0.389 e.